The average molecular weight is 457 g/mol. The Hall–Kier alpha value is -2.68. The third kappa shape index (κ3) is 3.25. The summed E-state index contributed by atoms with van der Waals surface area (Å²) in [7, 11) is 0. The lowest BCUT2D eigenvalue weighted by atomic mass is 9.84. The van der Waals surface area contributed by atoms with Crippen LogP contribution in [0.1, 0.15) is 20.8 Å². The van der Waals surface area contributed by atoms with Crippen LogP contribution in [0.15, 0.2) is 30.6 Å². The lowest BCUT2D eigenvalue weighted by Gasteiger charge is -2.43. The number of nitrogens with zero attached hydrogens (tertiary/aromatic N) is 3. The summed E-state index contributed by atoms with van der Waals surface area (Å²) < 4.78 is 15.6. The van der Waals surface area contributed by atoms with E-state index < -0.39 is 11.4 Å². The number of piperazine rings is 1. The van der Waals surface area contributed by atoms with Crippen LogP contribution in [0.2, 0.25) is 5.15 Å². The van der Waals surface area contributed by atoms with Gasteiger partial charge < -0.3 is 25.3 Å². The summed E-state index contributed by atoms with van der Waals surface area (Å²) in [4.78, 5) is 17.2. The molecule has 1 aliphatic heterocycles. The van der Waals surface area contributed by atoms with E-state index in [1.54, 1.807) is 18.5 Å². The fourth-order valence-electron chi connectivity index (χ4n) is 4.44. The number of aromatic amines is 2. The minimum Gasteiger partial charge on any atom is -0.388 e. The Bertz CT molecular complexity index is 1300. The number of hydrogen-bond donors (Lipinski definition) is 4. The van der Waals surface area contributed by atoms with Crippen molar-refractivity contribution in [1.82, 2.24) is 25.3 Å². The van der Waals surface area contributed by atoms with Gasteiger partial charge in [0, 0.05) is 48.4 Å². The Balaban J connectivity index is 1.66. The molecule has 4 N–H and O–H groups in total. The molecule has 7 nitrogen and oxygen atoms in total. The monoisotopic (exact) mass is 456 g/mol. The van der Waals surface area contributed by atoms with Gasteiger partial charge in [0.25, 0.3) is 0 Å². The van der Waals surface area contributed by atoms with Crippen molar-refractivity contribution in [2.24, 2.45) is 5.92 Å². The van der Waals surface area contributed by atoms with Crippen molar-refractivity contribution < 1.29 is 9.50 Å². The largest absolute Gasteiger partial charge is 0.388 e. The Kier molecular flexibility index (Phi) is 5.11. The summed E-state index contributed by atoms with van der Waals surface area (Å²) in [5, 5.41) is 16.2. The first-order valence-electron chi connectivity index (χ1n) is 10.8. The van der Waals surface area contributed by atoms with E-state index in [9.17, 15) is 5.11 Å². The summed E-state index contributed by atoms with van der Waals surface area (Å²) in [6.07, 6.45) is 3.37. The van der Waals surface area contributed by atoms with E-state index in [2.05, 4.69) is 25.2 Å². The third-order valence-electron chi connectivity index (χ3n) is 6.74. The van der Waals surface area contributed by atoms with Gasteiger partial charge in [0.05, 0.1) is 17.2 Å². The SMILES string of the molecule is CC(C)[C@@](C)(O)[C@@H]1CN(c2nc(-c3c(Cl)[nH]c4ncccc34)c(F)c3[nH]ccc23)CCN1. The zero-order valence-electron chi connectivity index (χ0n) is 18.2. The van der Waals surface area contributed by atoms with E-state index in [-0.39, 0.29) is 17.7 Å². The van der Waals surface area contributed by atoms with Gasteiger partial charge in [0.15, 0.2) is 5.82 Å². The average Bonchev–Trinajstić information content (AvgIpc) is 3.39. The molecule has 1 aliphatic rings. The van der Waals surface area contributed by atoms with Gasteiger partial charge in [0.1, 0.15) is 22.3 Å². The van der Waals surface area contributed by atoms with Crippen LogP contribution in [0, 0.1) is 11.7 Å². The van der Waals surface area contributed by atoms with Crippen LogP contribution in [0.4, 0.5) is 10.2 Å². The number of rotatable bonds is 4. The molecule has 5 rings (SSSR count). The quantitative estimate of drug-likeness (QED) is 0.371. The predicted molar refractivity (Wildman–Crippen MR) is 126 cm³/mol. The lowest BCUT2D eigenvalue weighted by Crippen LogP contribution is -2.62. The zero-order valence-corrected chi connectivity index (χ0v) is 19.0. The summed E-state index contributed by atoms with van der Waals surface area (Å²) in [5.41, 5.74) is 0.725. The number of nitrogens with one attached hydrogen (secondary N) is 3. The summed E-state index contributed by atoms with van der Waals surface area (Å²) in [5.74, 6) is 0.278. The van der Waals surface area contributed by atoms with Gasteiger partial charge >= 0.3 is 0 Å². The van der Waals surface area contributed by atoms with E-state index in [1.165, 1.54) is 0 Å². The van der Waals surface area contributed by atoms with E-state index in [4.69, 9.17) is 16.6 Å². The maximum Gasteiger partial charge on any atom is 0.173 e. The van der Waals surface area contributed by atoms with Gasteiger partial charge in [-0.25, -0.2) is 14.4 Å². The van der Waals surface area contributed by atoms with Crippen molar-refractivity contribution in [2.45, 2.75) is 32.4 Å². The molecule has 4 aromatic rings. The molecule has 0 bridgehead atoms. The molecular formula is C23H26ClFN6O. The Morgan fingerprint density at radius 1 is 1.31 bits per heavy atom. The fourth-order valence-corrected chi connectivity index (χ4v) is 4.72. The highest BCUT2D eigenvalue weighted by atomic mass is 35.5. The molecule has 2 atom stereocenters. The van der Waals surface area contributed by atoms with Gasteiger partial charge in [-0.15, -0.1) is 0 Å². The first-order chi connectivity index (χ1) is 15.3. The topological polar surface area (TPSA) is 92.9 Å². The van der Waals surface area contributed by atoms with E-state index in [1.807, 2.05) is 32.9 Å². The number of aromatic nitrogens is 4. The first kappa shape index (κ1) is 21.2. The maximum absolute atomic E-state index is 15.6. The second-order valence-corrected chi connectivity index (χ2v) is 9.29. The third-order valence-corrected chi connectivity index (χ3v) is 7.03. The molecule has 168 valence electrons. The van der Waals surface area contributed by atoms with Crippen LogP contribution in [-0.4, -0.2) is 56.3 Å². The van der Waals surface area contributed by atoms with Crippen molar-refractivity contribution in [1.29, 1.82) is 0 Å². The molecule has 1 saturated heterocycles. The molecule has 0 unspecified atom stereocenters. The van der Waals surface area contributed by atoms with Gasteiger partial charge in [0.2, 0.25) is 0 Å². The minimum atomic E-state index is -0.898. The van der Waals surface area contributed by atoms with Crippen molar-refractivity contribution in [3.8, 4) is 11.3 Å². The van der Waals surface area contributed by atoms with Crippen molar-refractivity contribution in [2.75, 3.05) is 24.5 Å². The Morgan fingerprint density at radius 2 is 2.12 bits per heavy atom. The lowest BCUT2D eigenvalue weighted by molar-refractivity contribution is -0.0231. The smallest absolute Gasteiger partial charge is 0.173 e. The molecule has 0 radical (unpaired) electrons. The molecule has 0 amide bonds. The van der Waals surface area contributed by atoms with Gasteiger partial charge in [-0.2, -0.15) is 0 Å². The molecule has 0 spiro atoms. The molecule has 9 heteroatoms. The Labute approximate surface area is 190 Å². The van der Waals surface area contributed by atoms with E-state index >= 15 is 4.39 Å². The highest BCUT2D eigenvalue weighted by molar-refractivity contribution is 6.34. The molecule has 0 saturated carbocycles. The molecule has 0 aromatic carbocycles. The van der Waals surface area contributed by atoms with Crippen LogP contribution in [0.3, 0.4) is 0 Å². The molecule has 1 fully saturated rings. The highest BCUT2D eigenvalue weighted by Crippen LogP contribution is 2.39. The van der Waals surface area contributed by atoms with Crippen LogP contribution >= 0.6 is 11.6 Å². The van der Waals surface area contributed by atoms with Gasteiger partial charge in [-0.1, -0.05) is 25.4 Å². The second kappa shape index (κ2) is 7.72. The first-order valence-corrected chi connectivity index (χ1v) is 11.2. The summed E-state index contributed by atoms with van der Waals surface area (Å²) in [6, 6.07) is 5.32. The zero-order chi connectivity index (χ0) is 22.6. The summed E-state index contributed by atoms with van der Waals surface area (Å²) in [6.45, 7) is 7.79. The molecule has 32 heavy (non-hydrogen) atoms. The maximum atomic E-state index is 15.6. The summed E-state index contributed by atoms with van der Waals surface area (Å²) >= 11 is 6.49. The van der Waals surface area contributed by atoms with Gasteiger partial charge in [-0.05, 0) is 31.0 Å². The second-order valence-electron chi connectivity index (χ2n) is 8.91. The number of aliphatic hydroxyl groups is 1. The fraction of sp³-hybridized carbons (Fsp3) is 0.391. The molecular weight excluding hydrogens is 431 g/mol. The van der Waals surface area contributed by atoms with Crippen molar-refractivity contribution in [3.05, 3.63) is 41.6 Å². The van der Waals surface area contributed by atoms with Crippen LogP contribution in [-0.2, 0) is 0 Å². The standard InChI is InChI=1S/C23H26ClFN6O/c1-12(2)23(3,32)15-11-31(10-9-26-15)22-14-6-8-27-18(14)17(25)19(29-22)16-13-5-4-7-28-21(13)30-20(16)24/h4-8,12,15,26-27,32H,9-11H2,1-3H3,(H,28,30)/t15-,23+/m0/s1. The predicted octanol–water partition coefficient (Wildman–Crippen LogP) is 4.08. The highest BCUT2D eigenvalue weighted by Gasteiger charge is 2.38. The number of hydrogen-bond acceptors (Lipinski definition) is 5. The van der Waals surface area contributed by atoms with Crippen LogP contribution < -0.4 is 10.2 Å². The minimum absolute atomic E-state index is 0.0708. The van der Waals surface area contributed by atoms with E-state index in [0.29, 0.717) is 58.1 Å². The molecule has 5 heterocycles. The van der Waals surface area contributed by atoms with Crippen molar-refractivity contribution >= 4 is 39.4 Å². The Morgan fingerprint density at radius 3 is 2.91 bits per heavy atom. The number of pyridine rings is 2. The molecule has 4 aromatic heterocycles. The van der Waals surface area contributed by atoms with E-state index in [0.717, 1.165) is 0 Å². The van der Waals surface area contributed by atoms with Gasteiger partial charge in [-0.3, -0.25) is 0 Å². The van der Waals surface area contributed by atoms with Crippen molar-refractivity contribution in [3.63, 3.8) is 0 Å². The number of halogens is 2. The van der Waals surface area contributed by atoms with Crippen LogP contribution in [0.5, 0.6) is 0 Å². The number of fused-ring (bicyclic) bond motifs is 2. The molecule has 0 aliphatic carbocycles. The van der Waals surface area contributed by atoms with Crippen LogP contribution in [0.25, 0.3) is 33.2 Å². The number of anilines is 1. The normalized spacial score (nSPS) is 19.2. The number of H-pyrrole nitrogens is 2.